The number of nitriles is 1. The molecule has 232 valence electrons. The molecule has 3 N–H and O–H groups in total. The van der Waals surface area contributed by atoms with Crippen molar-refractivity contribution in [2.45, 2.75) is 52.0 Å². The van der Waals surface area contributed by atoms with E-state index < -0.39 is 0 Å². The molecule has 5 rings (SSSR count). The fourth-order valence-electron chi connectivity index (χ4n) is 6.08. The van der Waals surface area contributed by atoms with E-state index >= 15 is 0 Å². The zero-order chi connectivity index (χ0) is 31.1. The minimum atomic E-state index is -0.272. The van der Waals surface area contributed by atoms with Gasteiger partial charge in [0.2, 0.25) is 11.9 Å². The Morgan fingerprint density at radius 2 is 1.84 bits per heavy atom. The van der Waals surface area contributed by atoms with Gasteiger partial charge >= 0.3 is 0 Å². The lowest BCUT2D eigenvalue weighted by molar-refractivity contribution is -0.121. The number of fused-ring (bicyclic) bond motifs is 1. The molecule has 0 bridgehead atoms. The Bertz CT molecular complexity index is 1580. The second kappa shape index (κ2) is 14.4. The second-order valence-electron chi connectivity index (χ2n) is 11.4. The summed E-state index contributed by atoms with van der Waals surface area (Å²) in [6.07, 6.45) is 7.82. The average molecular weight is 601 g/mol. The topological polar surface area (TPSA) is 161 Å². The van der Waals surface area contributed by atoms with Crippen LogP contribution in [0.3, 0.4) is 0 Å². The molecule has 44 heavy (non-hydrogen) atoms. The Balaban J connectivity index is 1.19. The number of pyridine rings is 2. The predicted molar refractivity (Wildman–Crippen MR) is 168 cm³/mol. The van der Waals surface area contributed by atoms with Crippen LogP contribution < -0.4 is 26.4 Å². The van der Waals surface area contributed by atoms with E-state index in [0.717, 1.165) is 57.5 Å². The fraction of sp³-hybridized carbons (Fsp3) is 0.516. The van der Waals surface area contributed by atoms with Gasteiger partial charge in [0, 0.05) is 69.9 Å². The van der Waals surface area contributed by atoms with E-state index in [1.54, 1.807) is 17.7 Å². The van der Waals surface area contributed by atoms with Gasteiger partial charge in [0.25, 0.3) is 5.56 Å². The summed E-state index contributed by atoms with van der Waals surface area (Å²) >= 11 is 0. The Morgan fingerprint density at radius 1 is 1.07 bits per heavy atom. The lowest BCUT2D eigenvalue weighted by atomic mass is 10.0. The Labute approximate surface area is 256 Å². The predicted octanol–water partition coefficient (Wildman–Crippen LogP) is 2.30. The van der Waals surface area contributed by atoms with Crippen molar-refractivity contribution in [3.8, 4) is 6.07 Å². The molecule has 3 aromatic rings. The van der Waals surface area contributed by atoms with Gasteiger partial charge < -0.3 is 20.9 Å². The summed E-state index contributed by atoms with van der Waals surface area (Å²) < 4.78 is 1.71. The number of amides is 1. The lowest BCUT2D eigenvalue weighted by Crippen LogP contribution is -2.47. The molecule has 0 spiro atoms. The number of aromatic nitrogens is 4. The van der Waals surface area contributed by atoms with Crippen molar-refractivity contribution in [2.24, 2.45) is 0 Å². The van der Waals surface area contributed by atoms with Gasteiger partial charge in [-0.15, -0.1) is 0 Å². The maximum absolute atomic E-state index is 13.5. The van der Waals surface area contributed by atoms with Gasteiger partial charge in [-0.05, 0) is 44.4 Å². The number of anilines is 3. The highest BCUT2D eigenvalue weighted by molar-refractivity contribution is 5.99. The van der Waals surface area contributed by atoms with Gasteiger partial charge in [0.05, 0.1) is 30.1 Å². The number of hydrogen-bond donors (Lipinski definition) is 3. The van der Waals surface area contributed by atoms with E-state index in [0.29, 0.717) is 54.4 Å². The van der Waals surface area contributed by atoms with E-state index in [1.807, 2.05) is 24.4 Å². The Kier molecular flexibility index (Phi) is 10.1. The molecule has 0 atom stereocenters. The van der Waals surface area contributed by atoms with Crippen LogP contribution in [0.25, 0.3) is 11.0 Å². The summed E-state index contributed by atoms with van der Waals surface area (Å²) in [6, 6.07) is 5.93. The number of nitrogens with one attached hydrogen (secondary N) is 3. The number of hydrogen-bond acceptors (Lipinski definition) is 11. The highest BCUT2D eigenvalue weighted by atomic mass is 16.2. The molecule has 1 aliphatic carbocycles. The summed E-state index contributed by atoms with van der Waals surface area (Å²) in [6.45, 7) is 8.69. The first-order chi connectivity index (χ1) is 21.4. The number of ketones is 1. The zero-order valence-corrected chi connectivity index (χ0v) is 25.4. The van der Waals surface area contributed by atoms with E-state index in [9.17, 15) is 14.4 Å². The minimum Gasteiger partial charge on any atom is -0.368 e. The van der Waals surface area contributed by atoms with Crippen LogP contribution in [0.2, 0.25) is 0 Å². The number of aryl methyl sites for hydroxylation is 1. The van der Waals surface area contributed by atoms with Crippen LogP contribution in [0.4, 0.5) is 17.5 Å². The number of Topliss-reactive ketones (excluding diaryl/α,β-unsaturated/α-hetero) is 1. The number of rotatable bonds is 12. The van der Waals surface area contributed by atoms with Crippen molar-refractivity contribution in [3.05, 3.63) is 46.0 Å². The van der Waals surface area contributed by atoms with Gasteiger partial charge in [-0.3, -0.25) is 23.9 Å². The molecule has 13 heteroatoms. The minimum absolute atomic E-state index is 0.0183. The van der Waals surface area contributed by atoms with Crippen LogP contribution in [0.15, 0.2) is 29.3 Å². The van der Waals surface area contributed by atoms with Crippen molar-refractivity contribution in [2.75, 3.05) is 62.6 Å². The van der Waals surface area contributed by atoms with Crippen LogP contribution in [-0.4, -0.2) is 88.5 Å². The third kappa shape index (κ3) is 7.20. The smallest absolute Gasteiger partial charge is 0.263 e. The third-order valence-electron chi connectivity index (χ3n) is 8.46. The largest absolute Gasteiger partial charge is 0.368 e. The Hall–Kier alpha value is -4.41. The summed E-state index contributed by atoms with van der Waals surface area (Å²) in [5.74, 6) is 0.712. The van der Waals surface area contributed by atoms with Crippen molar-refractivity contribution >= 4 is 40.2 Å². The van der Waals surface area contributed by atoms with Crippen molar-refractivity contribution in [1.29, 1.82) is 5.26 Å². The molecule has 13 nitrogen and oxygen atoms in total. The summed E-state index contributed by atoms with van der Waals surface area (Å²) in [7, 11) is 0. The molecule has 2 fully saturated rings. The summed E-state index contributed by atoms with van der Waals surface area (Å²) in [5, 5.41) is 18.2. The van der Waals surface area contributed by atoms with Crippen LogP contribution in [0.1, 0.15) is 61.0 Å². The molecule has 0 aromatic carbocycles. The first-order valence-corrected chi connectivity index (χ1v) is 15.3. The van der Waals surface area contributed by atoms with Crippen LogP contribution in [-0.2, 0) is 4.79 Å². The van der Waals surface area contributed by atoms with E-state index in [1.165, 1.54) is 6.92 Å². The highest BCUT2D eigenvalue weighted by Gasteiger charge is 2.26. The van der Waals surface area contributed by atoms with Gasteiger partial charge in [-0.25, -0.2) is 9.97 Å². The van der Waals surface area contributed by atoms with Gasteiger partial charge in [0.1, 0.15) is 11.5 Å². The molecule has 1 aliphatic heterocycles. The fourth-order valence-corrected chi connectivity index (χ4v) is 6.08. The normalized spacial score (nSPS) is 15.8. The summed E-state index contributed by atoms with van der Waals surface area (Å²) in [5.41, 5.74) is 2.12. The summed E-state index contributed by atoms with van der Waals surface area (Å²) in [4.78, 5) is 56.3. The number of piperazine rings is 1. The maximum atomic E-state index is 13.5. The molecule has 1 saturated carbocycles. The van der Waals surface area contributed by atoms with E-state index in [2.05, 4.69) is 35.7 Å². The molecular weight excluding hydrogens is 560 g/mol. The van der Waals surface area contributed by atoms with Crippen LogP contribution in [0, 0.1) is 18.3 Å². The standard InChI is InChI=1S/C31H40N10O3/c1-21-25-20-36-31(38-29(25)41(23-5-3-4-6-23)30(44)28(21)22(2)42)37-26-8-7-24(19-35-26)40-17-15-39(16-18-40)14-9-27(43)34-13-12-33-11-10-32/h7-8,19-20,23,33H,3-6,9,11-18H2,1-2H3,(H,34,43)(H,35,36,37,38). The number of carbonyl (C=O) groups excluding carboxylic acids is 2. The molecule has 2 aliphatic rings. The first-order valence-electron chi connectivity index (χ1n) is 15.3. The van der Waals surface area contributed by atoms with Crippen molar-refractivity contribution in [3.63, 3.8) is 0 Å². The molecule has 1 amide bonds. The quantitative estimate of drug-likeness (QED) is 0.159. The average Bonchev–Trinajstić information content (AvgIpc) is 3.55. The second-order valence-corrected chi connectivity index (χ2v) is 11.4. The van der Waals surface area contributed by atoms with Crippen LogP contribution in [0.5, 0.6) is 0 Å². The maximum Gasteiger partial charge on any atom is 0.263 e. The van der Waals surface area contributed by atoms with E-state index in [-0.39, 0.29) is 35.4 Å². The number of nitrogens with zero attached hydrogens (tertiary/aromatic N) is 7. The molecule has 4 heterocycles. The monoisotopic (exact) mass is 600 g/mol. The van der Waals surface area contributed by atoms with Crippen molar-refractivity contribution < 1.29 is 9.59 Å². The molecular formula is C31H40N10O3. The SMILES string of the molecule is CC(=O)c1c(C)c2cnc(Nc3ccc(N4CCN(CCC(=O)NCCNCC#N)CC4)cn3)nc2n(C2CCCC2)c1=O. The molecule has 0 radical (unpaired) electrons. The molecule has 0 unspecified atom stereocenters. The zero-order valence-electron chi connectivity index (χ0n) is 25.4. The lowest BCUT2D eigenvalue weighted by Gasteiger charge is -2.35. The molecule has 1 saturated heterocycles. The van der Waals surface area contributed by atoms with E-state index in [4.69, 9.17) is 10.2 Å². The van der Waals surface area contributed by atoms with Crippen molar-refractivity contribution in [1.82, 2.24) is 35.1 Å². The molecule has 3 aromatic heterocycles. The van der Waals surface area contributed by atoms with Gasteiger partial charge in [0.15, 0.2) is 5.78 Å². The van der Waals surface area contributed by atoms with Gasteiger partial charge in [-0.1, -0.05) is 12.8 Å². The Morgan fingerprint density at radius 3 is 2.52 bits per heavy atom. The van der Waals surface area contributed by atoms with Gasteiger partial charge in [-0.2, -0.15) is 10.2 Å². The number of carbonyl (C=O) groups is 2. The highest BCUT2D eigenvalue weighted by Crippen LogP contribution is 2.32. The van der Waals surface area contributed by atoms with Crippen LogP contribution >= 0.6 is 0 Å². The third-order valence-corrected chi connectivity index (χ3v) is 8.46. The first kappa shape index (κ1) is 31.0.